The van der Waals surface area contributed by atoms with E-state index in [4.69, 9.17) is 4.74 Å². The molecule has 0 saturated heterocycles. The molecule has 0 bridgehead atoms. The summed E-state index contributed by atoms with van der Waals surface area (Å²) in [4.78, 5) is 0. The Bertz CT molecular complexity index is 260. The molecule has 0 aromatic rings. The molecule has 2 atom stereocenters. The maximum Gasteiger partial charge on any atom is 0.101 e. The minimum absolute atomic E-state index is 0.187. The molecule has 1 N–H and O–H groups in total. The van der Waals surface area contributed by atoms with Gasteiger partial charge in [-0.05, 0) is 12.8 Å². The van der Waals surface area contributed by atoms with Crippen molar-refractivity contribution in [2.45, 2.75) is 141 Å². The summed E-state index contributed by atoms with van der Waals surface area (Å²) >= 11 is 4.27. The third-order valence-electron chi connectivity index (χ3n) is 5.82. The first kappa shape index (κ1) is 28.3. The van der Waals surface area contributed by atoms with Crippen LogP contribution in [-0.2, 0) is 4.74 Å². The number of hydrogen-bond acceptors (Lipinski definition) is 3. The van der Waals surface area contributed by atoms with Gasteiger partial charge in [0, 0.05) is 12.5 Å². The van der Waals surface area contributed by atoms with E-state index in [1.165, 1.54) is 109 Å². The van der Waals surface area contributed by atoms with Gasteiger partial charge in [-0.25, -0.2) is 0 Å². The Labute approximate surface area is 183 Å². The number of hydrogen-bond donors (Lipinski definition) is 2. The van der Waals surface area contributed by atoms with Crippen LogP contribution < -0.4 is 0 Å². The van der Waals surface area contributed by atoms with Crippen LogP contribution in [-0.4, -0.2) is 23.8 Å². The quantitative estimate of drug-likeness (QED) is 0.0995. The Morgan fingerprint density at radius 3 is 1.43 bits per heavy atom. The van der Waals surface area contributed by atoms with E-state index >= 15 is 0 Å². The lowest BCUT2D eigenvalue weighted by Crippen LogP contribution is -2.21. The lowest BCUT2D eigenvalue weighted by Gasteiger charge is -2.19. The highest BCUT2D eigenvalue weighted by Gasteiger charge is 2.15. The summed E-state index contributed by atoms with van der Waals surface area (Å²) in [6, 6.07) is 0. The third-order valence-corrected chi connectivity index (χ3v) is 6.25. The Hall–Kier alpha value is 0.270. The third kappa shape index (κ3) is 21.0. The summed E-state index contributed by atoms with van der Waals surface area (Å²) in [6.07, 6.45) is 25.2. The topological polar surface area (TPSA) is 29.5 Å². The van der Waals surface area contributed by atoms with Gasteiger partial charge in [-0.1, -0.05) is 123 Å². The van der Waals surface area contributed by atoms with E-state index in [0.717, 1.165) is 19.4 Å². The second kappa shape index (κ2) is 23.5. The van der Waals surface area contributed by atoms with Crippen LogP contribution in [0.4, 0.5) is 0 Å². The standard InChI is InChI=1S/C25H52O2S/c1-3-5-7-9-11-13-14-15-17-19-21-24(25(26)28)23-27-22-20-18-16-12-10-8-6-4-2/h24-26,28H,3-23H2,1-2H3. The smallest absolute Gasteiger partial charge is 0.101 e. The molecule has 2 nitrogen and oxygen atoms in total. The number of rotatable bonds is 23. The van der Waals surface area contributed by atoms with Gasteiger partial charge in [-0.15, -0.1) is 12.6 Å². The molecular formula is C25H52O2S. The molecule has 0 aromatic heterocycles. The van der Waals surface area contributed by atoms with Gasteiger partial charge in [-0.3, -0.25) is 0 Å². The SMILES string of the molecule is CCCCCCCCCCCCC(COCCCCCCCCCC)C(O)S. The van der Waals surface area contributed by atoms with Gasteiger partial charge in [0.15, 0.2) is 0 Å². The first-order chi connectivity index (χ1) is 13.7. The Morgan fingerprint density at radius 2 is 1.00 bits per heavy atom. The average Bonchev–Trinajstić information content (AvgIpc) is 2.68. The summed E-state index contributed by atoms with van der Waals surface area (Å²) in [6.45, 7) is 6.04. The van der Waals surface area contributed by atoms with E-state index < -0.39 is 5.44 Å². The van der Waals surface area contributed by atoms with Crippen LogP contribution in [0.3, 0.4) is 0 Å². The van der Waals surface area contributed by atoms with Crippen LogP contribution in [0, 0.1) is 5.92 Å². The fraction of sp³-hybridized carbons (Fsp3) is 1.00. The predicted molar refractivity (Wildman–Crippen MR) is 128 cm³/mol. The van der Waals surface area contributed by atoms with Crippen LogP contribution in [0.1, 0.15) is 136 Å². The van der Waals surface area contributed by atoms with Gasteiger partial charge in [0.2, 0.25) is 0 Å². The van der Waals surface area contributed by atoms with Crippen molar-refractivity contribution in [2.24, 2.45) is 5.92 Å². The molecule has 3 heteroatoms. The molecule has 0 rings (SSSR count). The molecule has 0 amide bonds. The minimum Gasteiger partial charge on any atom is -0.382 e. The number of thiol groups is 1. The summed E-state index contributed by atoms with van der Waals surface area (Å²) in [5, 5.41) is 9.88. The maximum absolute atomic E-state index is 9.88. The van der Waals surface area contributed by atoms with Crippen LogP contribution in [0.15, 0.2) is 0 Å². The first-order valence-corrected chi connectivity index (χ1v) is 13.2. The van der Waals surface area contributed by atoms with Crippen LogP contribution >= 0.6 is 12.6 Å². The lowest BCUT2D eigenvalue weighted by atomic mass is 10.0. The second-order valence-electron chi connectivity index (χ2n) is 8.69. The second-order valence-corrected chi connectivity index (χ2v) is 9.22. The molecule has 28 heavy (non-hydrogen) atoms. The first-order valence-electron chi connectivity index (χ1n) is 12.7. The number of unbranched alkanes of at least 4 members (excludes halogenated alkanes) is 16. The van der Waals surface area contributed by atoms with Crippen LogP contribution in [0.2, 0.25) is 0 Å². The van der Waals surface area contributed by atoms with Crippen molar-refractivity contribution in [3.63, 3.8) is 0 Å². The highest BCUT2D eigenvalue weighted by atomic mass is 32.1. The molecule has 0 aromatic carbocycles. The van der Waals surface area contributed by atoms with Crippen molar-refractivity contribution in [2.75, 3.05) is 13.2 Å². The number of aliphatic hydroxyl groups excluding tert-OH is 1. The molecule has 0 saturated carbocycles. The van der Waals surface area contributed by atoms with Crippen molar-refractivity contribution in [3.05, 3.63) is 0 Å². The zero-order valence-electron chi connectivity index (χ0n) is 19.3. The van der Waals surface area contributed by atoms with Gasteiger partial charge in [-0.2, -0.15) is 0 Å². The molecule has 0 aliphatic heterocycles. The number of aliphatic hydroxyl groups is 1. The Balaban J connectivity index is 3.44. The van der Waals surface area contributed by atoms with E-state index in [2.05, 4.69) is 26.5 Å². The van der Waals surface area contributed by atoms with E-state index in [-0.39, 0.29) is 5.92 Å². The predicted octanol–water partition coefficient (Wildman–Crippen LogP) is 8.32. The van der Waals surface area contributed by atoms with E-state index in [1.54, 1.807) is 0 Å². The molecule has 0 spiro atoms. The Morgan fingerprint density at radius 1 is 0.607 bits per heavy atom. The average molecular weight is 417 g/mol. The Kier molecular flexibility index (Phi) is 23.8. The highest BCUT2D eigenvalue weighted by molar-refractivity contribution is 7.80. The number of ether oxygens (including phenoxy) is 1. The van der Waals surface area contributed by atoms with Gasteiger partial charge < -0.3 is 9.84 Å². The molecule has 0 radical (unpaired) electrons. The lowest BCUT2D eigenvalue weighted by molar-refractivity contribution is 0.0559. The molecule has 170 valence electrons. The molecule has 0 fully saturated rings. The summed E-state index contributed by atoms with van der Waals surface area (Å²) in [7, 11) is 0. The maximum atomic E-state index is 9.88. The molecule has 2 unspecified atom stereocenters. The largest absolute Gasteiger partial charge is 0.382 e. The van der Waals surface area contributed by atoms with E-state index in [9.17, 15) is 5.11 Å². The minimum atomic E-state index is -0.544. The zero-order valence-corrected chi connectivity index (χ0v) is 20.2. The summed E-state index contributed by atoms with van der Waals surface area (Å²) < 4.78 is 5.84. The monoisotopic (exact) mass is 416 g/mol. The fourth-order valence-corrected chi connectivity index (χ4v) is 4.02. The molecular weight excluding hydrogens is 364 g/mol. The van der Waals surface area contributed by atoms with Gasteiger partial charge in [0.1, 0.15) is 5.44 Å². The van der Waals surface area contributed by atoms with Crippen LogP contribution in [0.25, 0.3) is 0 Å². The highest BCUT2D eigenvalue weighted by Crippen LogP contribution is 2.19. The van der Waals surface area contributed by atoms with Crippen molar-refractivity contribution >= 4 is 12.6 Å². The van der Waals surface area contributed by atoms with E-state index in [0.29, 0.717) is 6.61 Å². The fourth-order valence-electron chi connectivity index (χ4n) is 3.79. The normalized spacial score (nSPS) is 13.7. The van der Waals surface area contributed by atoms with Crippen molar-refractivity contribution in [1.29, 1.82) is 0 Å². The summed E-state index contributed by atoms with van der Waals surface area (Å²) in [5.41, 5.74) is -0.544. The molecule has 0 aliphatic carbocycles. The van der Waals surface area contributed by atoms with E-state index in [1.807, 2.05) is 0 Å². The zero-order chi connectivity index (χ0) is 20.7. The van der Waals surface area contributed by atoms with Crippen LogP contribution in [0.5, 0.6) is 0 Å². The van der Waals surface area contributed by atoms with Crippen molar-refractivity contribution < 1.29 is 9.84 Å². The molecule has 0 heterocycles. The van der Waals surface area contributed by atoms with Gasteiger partial charge >= 0.3 is 0 Å². The van der Waals surface area contributed by atoms with Crippen molar-refractivity contribution in [3.8, 4) is 0 Å². The summed E-state index contributed by atoms with van der Waals surface area (Å²) in [5.74, 6) is 0.187. The van der Waals surface area contributed by atoms with Gasteiger partial charge in [0.05, 0.1) is 6.61 Å². The molecule has 0 aliphatic rings. The van der Waals surface area contributed by atoms with Crippen molar-refractivity contribution in [1.82, 2.24) is 0 Å². The van der Waals surface area contributed by atoms with Gasteiger partial charge in [0.25, 0.3) is 0 Å².